The van der Waals surface area contributed by atoms with Gasteiger partial charge in [0.15, 0.2) is 0 Å². The molecule has 0 saturated heterocycles. The molecule has 2 saturated carbocycles. The molecule has 0 N–H and O–H groups in total. The molecule has 3 aromatic heterocycles. The fraction of sp³-hybridized carbons (Fsp3) is 0.500. The van der Waals surface area contributed by atoms with Crippen molar-refractivity contribution in [3.05, 3.63) is 39.6 Å². The third-order valence-corrected chi connectivity index (χ3v) is 8.05. The summed E-state index contributed by atoms with van der Waals surface area (Å²) in [5.41, 5.74) is 0.820. The van der Waals surface area contributed by atoms with Crippen molar-refractivity contribution in [1.82, 2.24) is 14.5 Å². The van der Waals surface area contributed by atoms with Crippen LogP contribution in [0.25, 0.3) is 20.7 Å². The minimum Gasteiger partial charge on any atom is -0.335 e. The molecule has 3 heterocycles. The molecule has 0 aromatic carbocycles. The van der Waals surface area contributed by atoms with Gasteiger partial charge in [0.25, 0.3) is 5.56 Å². The maximum atomic E-state index is 13.3. The number of hydrogen-bond acceptors (Lipinski definition) is 5. The zero-order valence-corrected chi connectivity index (χ0v) is 18.2. The average Bonchev–Trinajstić information content (AvgIpc) is 3.22. The van der Waals surface area contributed by atoms with Gasteiger partial charge in [-0.15, -0.1) is 22.7 Å². The highest BCUT2D eigenvalue weighted by atomic mass is 32.1. The van der Waals surface area contributed by atoms with Crippen molar-refractivity contribution in [2.24, 2.45) is 5.92 Å². The third kappa shape index (κ3) is 3.66. The molecule has 3 aromatic rings. The summed E-state index contributed by atoms with van der Waals surface area (Å²) in [5.74, 6) is 0.828. The zero-order valence-electron chi connectivity index (χ0n) is 16.5. The summed E-state index contributed by atoms with van der Waals surface area (Å²) in [4.78, 5) is 34.9. The number of thiophene rings is 2. The summed E-state index contributed by atoms with van der Waals surface area (Å²) in [7, 11) is 0. The van der Waals surface area contributed by atoms with Crippen molar-refractivity contribution in [3.63, 3.8) is 0 Å². The van der Waals surface area contributed by atoms with Crippen LogP contribution in [0.5, 0.6) is 0 Å². The topological polar surface area (TPSA) is 55.2 Å². The van der Waals surface area contributed by atoms with Crippen molar-refractivity contribution in [2.45, 2.75) is 64.1 Å². The van der Waals surface area contributed by atoms with Crippen molar-refractivity contribution >= 4 is 38.8 Å². The van der Waals surface area contributed by atoms with E-state index in [-0.39, 0.29) is 18.0 Å². The molecule has 1 amide bonds. The van der Waals surface area contributed by atoms with Gasteiger partial charge in [-0.25, -0.2) is 4.98 Å². The Hall–Kier alpha value is -1.99. The number of aromatic nitrogens is 2. The molecule has 0 unspecified atom stereocenters. The van der Waals surface area contributed by atoms with Crippen LogP contribution in [0.1, 0.15) is 45.4 Å². The predicted molar refractivity (Wildman–Crippen MR) is 118 cm³/mol. The quantitative estimate of drug-likeness (QED) is 0.590. The zero-order chi connectivity index (χ0) is 20.0. The lowest BCUT2D eigenvalue weighted by Crippen LogP contribution is -2.46. The number of hydrogen-bond donors (Lipinski definition) is 0. The first kappa shape index (κ1) is 19.0. The van der Waals surface area contributed by atoms with Crippen molar-refractivity contribution in [3.8, 4) is 10.4 Å². The number of carbonyl (C=O) groups is 1. The van der Waals surface area contributed by atoms with Gasteiger partial charge in [0.1, 0.15) is 11.4 Å². The summed E-state index contributed by atoms with van der Waals surface area (Å²) >= 11 is 3.10. The number of nitrogens with zero attached hydrogens (tertiary/aromatic N) is 3. The highest BCUT2D eigenvalue weighted by molar-refractivity contribution is 7.18. The molecule has 2 fully saturated rings. The molecule has 29 heavy (non-hydrogen) atoms. The summed E-state index contributed by atoms with van der Waals surface area (Å²) in [6.07, 6.45) is 8.28. The first-order valence-corrected chi connectivity index (χ1v) is 12.2. The number of carbonyl (C=O) groups excluding carboxylic acids is 1. The van der Waals surface area contributed by atoms with Crippen LogP contribution in [0, 0.1) is 5.92 Å². The van der Waals surface area contributed by atoms with Gasteiger partial charge in [0.2, 0.25) is 5.91 Å². The summed E-state index contributed by atoms with van der Waals surface area (Å²) in [6, 6.07) is 4.71. The van der Waals surface area contributed by atoms with Gasteiger partial charge in [-0.3, -0.25) is 14.2 Å². The van der Waals surface area contributed by atoms with Gasteiger partial charge >= 0.3 is 0 Å². The normalized spacial score (nSPS) is 22.1. The molecular formula is C22H25N3O2S2. The van der Waals surface area contributed by atoms with E-state index in [0.717, 1.165) is 46.9 Å². The summed E-state index contributed by atoms with van der Waals surface area (Å²) in [6.45, 7) is 2.38. The van der Waals surface area contributed by atoms with Crippen LogP contribution >= 0.6 is 22.7 Å². The van der Waals surface area contributed by atoms with Crippen molar-refractivity contribution in [1.29, 1.82) is 0 Å². The van der Waals surface area contributed by atoms with Crippen molar-refractivity contribution < 1.29 is 4.79 Å². The van der Waals surface area contributed by atoms with Gasteiger partial charge in [-0.1, -0.05) is 13.0 Å². The van der Waals surface area contributed by atoms with E-state index >= 15 is 0 Å². The number of rotatable bonds is 5. The molecule has 152 valence electrons. The summed E-state index contributed by atoms with van der Waals surface area (Å²) in [5, 5.41) is 4.64. The molecule has 0 spiro atoms. The Kier molecular flexibility index (Phi) is 5.04. The van der Waals surface area contributed by atoms with E-state index in [1.54, 1.807) is 17.7 Å². The Morgan fingerprint density at radius 3 is 2.55 bits per heavy atom. The van der Waals surface area contributed by atoms with Crippen LogP contribution in [0.4, 0.5) is 0 Å². The van der Waals surface area contributed by atoms with Crippen LogP contribution in [-0.4, -0.2) is 32.4 Å². The van der Waals surface area contributed by atoms with Crippen LogP contribution in [-0.2, 0) is 11.3 Å². The molecule has 2 aliphatic rings. The first-order valence-electron chi connectivity index (χ1n) is 10.4. The van der Waals surface area contributed by atoms with Crippen LogP contribution in [0.2, 0.25) is 0 Å². The van der Waals surface area contributed by atoms with Crippen LogP contribution < -0.4 is 5.56 Å². The van der Waals surface area contributed by atoms with E-state index in [0.29, 0.717) is 17.5 Å². The second-order valence-corrected chi connectivity index (χ2v) is 10.2. The molecule has 0 atom stereocenters. The summed E-state index contributed by atoms with van der Waals surface area (Å²) < 4.78 is 1.51. The molecule has 2 aliphatic carbocycles. The Bertz CT molecular complexity index is 1070. The molecule has 0 bridgehead atoms. The molecule has 0 radical (unpaired) electrons. The van der Waals surface area contributed by atoms with Gasteiger partial charge in [-0.05, 0) is 55.9 Å². The second-order valence-electron chi connectivity index (χ2n) is 8.43. The number of fused-ring (bicyclic) bond motifs is 1. The fourth-order valence-electron chi connectivity index (χ4n) is 4.50. The van der Waals surface area contributed by atoms with Crippen LogP contribution in [0.3, 0.4) is 0 Å². The van der Waals surface area contributed by atoms with E-state index < -0.39 is 0 Å². The lowest BCUT2D eigenvalue weighted by atomic mass is 9.86. The molecule has 5 nitrogen and oxygen atoms in total. The van der Waals surface area contributed by atoms with E-state index in [1.807, 2.05) is 22.9 Å². The Morgan fingerprint density at radius 1 is 1.17 bits per heavy atom. The minimum absolute atomic E-state index is 0.0724. The highest BCUT2D eigenvalue weighted by Crippen LogP contribution is 2.36. The maximum Gasteiger partial charge on any atom is 0.263 e. The monoisotopic (exact) mass is 427 g/mol. The Labute approximate surface area is 178 Å². The molecule has 5 rings (SSSR count). The van der Waals surface area contributed by atoms with E-state index in [4.69, 9.17) is 0 Å². The molecule has 0 aliphatic heterocycles. The predicted octanol–water partition coefficient (Wildman–Crippen LogP) is 4.76. The second kappa shape index (κ2) is 7.69. The third-order valence-electron chi connectivity index (χ3n) is 6.26. The van der Waals surface area contributed by atoms with E-state index in [1.165, 1.54) is 28.7 Å². The number of amides is 1. The SMILES string of the molecule is CC1CCC(N(C(=O)Cn2cnc3scc(-c4cccs4)c3c2=O)C2CC2)CC1. The lowest BCUT2D eigenvalue weighted by molar-refractivity contribution is -0.135. The fourth-order valence-corrected chi connectivity index (χ4v) is 6.22. The van der Waals surface area contributed by atoms with Crippen LogP contribution in [0.15, 0.2) is 34.0 Å². The maximum absolute atomic E-state index is 13.3. The van der Waals surface area contributed by atoms with E-state index in [9.17, 15) is 9.59 Å². The molecule has 7 heteroatoms. The van der Waals surface area contributed by atoms with Gasteiger partial charge in [-0.2, -0.15) is 0 Å². The average molecular weight is 428 g/mol. The van der Waals surface area contributed by atoms with Crippen molar-refractivity contribution in [2.75, 3.05) is 0 Å². The minimum atomic E-state index is -0.110. The lowest BCUT2D eigenvalue weighted by Gasteiger charge is -2.36. The first-order chi connectivity index (χ1) is 14.1. The standard InChI is InChI=1S/C22H25N3O2S2/c1-14-4-6-15(7-5-14)25(16-8-9-16)19(26)11-24-13-23-21-20(22(24)27)17(12-29-21)18-3-2-10-28-18/h2-3,10,12-16H,4-9,11H2,1H3. The van der Waals surface area contributed by atoms with Gasteiger partial charge < -0.3 is 4.90 Å². The largest absolute Gasteiger partial charge is 0.335 e. The van der Waals surface area contributed by atoms with Gasteiger partial charge in [0.05, 0.1) is 11.7 Å². The Balaban J connectivity index is 1.43. The Morgan fingerprint density at radius 2 is 1.90 bits per heavy atom. The van der Waals surface area contributed by atoms with Gasteiger partial charge in [0, 0.05) is 27.9 Å². The molecular weight excluding hydrogens is 402 g/mol. The smallest absolute Gasteiger partial charge is 0.263 e. The van der Waals surface area contributed by atoms with E-state index in [2.05, 4.69) is 16.8 Å². The highest BCUT2D eigenvalue weighted by Gasteiger charge is 2.38.